The Bertz CT molecular complexity index is 178. The van der Waals surface area contributed by atoms with E-state index >= 15 is 0 Å². The van der Waals surface area contributed by atoms with Crippen molar-refractivity contribution in [1.82, 2.24) is 4.90 Å². The van der Waals surface area contributed by atoms with Crippen molar-refractivity contribution in [3.8, 4) is 0 Å². The molecule has 2 aliphatic heterocycles. The van der Waals surface area contributed by atoms with Crippen LogP contribution in [-0.4, -0.2) is 49.4 Å². The van der Waals surface area contributed by atoms with Crippen molar-refractivity contribution in [2.75, 3.05) is 32.6 Å². The van der Waals surface area contributed by atoms with Crippen molar-refractivity contribution in [3.63, 3.8) is 0 Å². The number of ether oxygens (including phenoxy) is 2. The molecule has 2 aliphatic rings. The van der Waals surface area contributed by atoms with Crippen molar-refractivity contribution >= 4 is 11.6 Å². The van der Waals surface area contributed by atoms with Gasteiger partial charge >= 0.3 is 0 Å². The molecule has 0 N–H and O–H groups in total. The number of hydrogen-bond donors (Lipinski definition) is 0. The van der Waals surface area contributed by atoms with Crippen LogP contribution in [0, 0.1) is 0 Å². The van der Waals surface area contributed by atoms with Crippen LogP contribution in [0.3, 0.4) is 0 Å². The minimum atomic E-state index is -0.325. The SMILES string of the molecule is CN1CCC2(C1)OCC(CCl)O2. The Morgan fingerprint density at radius 1 is 1.67 bits per heavy atom. The standard InChI is InChI=1S/C8H14ClNO2/c1-10-3-2-8(6-10)11-5-7(4-9)12-8/h7H,2-6H2,1H3. The molecule has 0 amide bonds. The third kappa shape index (κ3) is 1.46. The molecule has 2 fully saturated rings. The zero-order valence-corrected chi connectivity index (χ0v) is 8.01. The van der Waals surface area contributed by atoms with Gasteiger partial charge in [-0.25, -0.2) is 0 Å². The van der Waals surface area contributed by atoms with E-state index in [1.165, 1.54) is 0 Å². The molecule has 2 saturated heterocycles. The summed E-state index contributed by atoms with van der Waals surface area (Å²) in [5.74, 6) is 0.208. The monoisotopic (exact) mass is 191 g/mol. The number of nitrogens with zero attached hydrogens (tertiary/aromatic N) is 1. The zero-order valence-electron chi connectivity index (χ0n) is 7.25. The Balaban J connectivity index is 1.97. The number of likely N-dealkylation sites (tertiary alicyclic amines) is 1. The maximum absolute atomic E-state index is 5.73. The molecule has 2 rings (SSSR count). The molecule has 1 spiro atoms. The second kappa shape index (κ2) is 3.14. The lowest BCUT2D eigenvalue weighted by molar-refractivity contribution is -0.153. The molecule has 3 nitrogen and oxygen atoms in total. The van der Waals surface area contributed by atoms with E-state index in [-0.39, 0.29) is 11.9 Å². The first-order valence-electron chi connectivity index (χ1n) is 4.30. The largest absolute Gasteiger partial charge is 0.346 e. The van der Waals surface area contributed by atoms with Crippen molar-refractivity contribution in [2.24, 2.45) is 0 Å². The lowest BCUT2D eigenvalue weighted by Gasteiger charge is -2.21. The highest BCUT2D eigenvalue weighted by molar-refractivity contribution is 6.18. The minimum absolute atomic E-state index is 0.0955. The van der Waals surface area contributed by atoms with E-state index in [1.54, 1.807) is 0 Å². The van der Waals surface area contributed by atoms with Gasteiger partial charge in [0.1, 0.15) is 0 Å². The molecule has 0 aliphatic carbocycles. The first-order chi connectivity index (χ1) is 5.74. The van der Waals surface area contributed by atoms with Gasteiger partial charge in [-0.3, -0.25) is 0 Å². The van der Waals surface area contributed by atoms with Gasteiger partial charge in [0.05, 0.1) is 25.1 Å². The van der Waals surface area contributed by atoms with Crippen LogP contribution in [0.25, 0.3) is 0 Å². The highest BCUT2D eigenvalue weighted by atomic mass is 35.5. The van der Waals surface area contributed by atoms with Crippen LogP contribution in [0.4, 0.5) is 0 Å². The Morgan fingerprint density at radius 2 is 2.50 bits per heavy atom. The Kier molecular flexibility index (Phi) is 2.29. The first kappa shape index (κ1) is 8.75. The van der Waals surface area contributed by atoms with Crippen LogP contribution >= 0.6 is 11.6 Å². The molecular formula is C8H14ClNO2. The topological polar surface area (TPSA) is 21.7 Å². The van der Waals surface area contributed by atoms with Crippen LogP contribution in [-0.2, 0) is 9.47 Å². The number of likely N-dealkylation sites (N-methyl/N-ethyl adjacent to an activating group) is 1. The van der Waals surface area contributed by atoms with Crippen LogP contribution in [0.1, 0.15) is 6.42 Å². The van der Waals surface area contributed by atoms with E-state index in [0.29, 0.717) is 12.5 Å². The Hall–Kier alpha value is 0.170. The van der Waals surface area contributed by atoms with Crippen molar-refractivity contribution in [2.45, 2.75) is 18.3 Å². The molecule has 12 heavy (non-hydrogen) atoms. The van der Waals surface area contributed by atoms with Crippen LogP contribution < -0.4 is 0 Å². The van der Waals surface area contributed by atoms with Crippen molar-refractivity contribution < 1.29 is 9.47 Å². The summed E-state index contributed by atoms with van der Waals surface area (Å²) in [6.07, 6.45) is 1.06. The van der Waals surface area contributed by atoms with Gasteiger partial charge in [0.2, 0.25) is 0 Å². The molecule has 0 saturated carbocycles. The molecule has 0 aromatic carbocycles. The third-order valence-corrected chi connectivity index (χ3v) is 2.82. The lowest BCUT2D eigenvalue weighted by atomic mass is 10.2. The van der Waals surface area contributed by atoms with Crippen LogP contribution in [0.2, 0.25) is 0 Å². The highest BCUT2D eigenvalue weighted by Crippen LogP contribution is 2.32. The minimum Gasteiger partial charge on any atom is -0.346 e. The van der Waals surface area contributed by atoms with Gasteiger partial charge in [0.25, 0.3) is 0 Å². The second-order valence-electron chi connectivity index (χ2n) is 3.60. The van der Waals surface area contributed by atoms with Crippen LogP contribution in [0.15, 0.2) is 0 Å². The molecule has 2 atom stereocenters. The smallest absolute Gasteiger partial charge is 0.182 e. The molecule has 2 heterocycles. The van der Waals surface area contributed by atoms with E-state index in [1.807, 2.05) is 0 Å². The number of alkyl halides is 1. The van der Waals surface area contributed by atoms with Gasteiger partial charge in [0.15, 0.2) is 5.79 Å². The van der Waals surface area contributed by atoms with Gasteiger partial charge in [0, 0.05) is 13.0 Å². The molecule has 2 unspecified atom stereocenters. The summed E-state index contributed by atoms with van der Waals surface area (Å²) in [4.78, 5) is 2.22. The summed E-state index contributed by atoms with van der Waals surface area (Å²) in [5, 5.41) is 0. The average Bonchev–Trinajstić information content (AvgIpc) is 2.61. The summed E-state index contributed by atoms with van der Waals surface area (Å²) in [6.45, 7) is 2.58. The van der Waals surface area contributed by atoms with Crippen molar-refractivity contribution in [1.29, 1.82) is 0 Å². The number of halogens is 1. The van der Waals surface area contributed by atoms with E-state index in [4.69, 9.17) is 21.1 Å². The quantitative estimate of drug-likeness (QED) is 0.569. The molecule has 0 aromatic rings. The lowest BCUT2D eigenvalue weighted by Crippen LogP contribution is -2.34. The van der Waals surface area contributed by atoms with Gasteiger partial charge in [-0.05, 0) is 7.05 Å². The molecule has 0 radical (unpaired) electrons. The Labute approximate surface area is 77.6 Å². The van der Waals surface area contributed by atoms with E-state index in [2.05, 4.69) is 11.9 Å². The summed E-state index contributed by atoms with van der Waals surface area (Å²) in [5.41, 5.74) is 0. The maximum atomic E-state index is 5.73. The summed E-state index contributed by atoms with van der Waals surface area (Å²) >= 11 is 5.69. The fourth-order valence-corrected chi connectivity index (χ4v) is 1.99. The maximum Gasteiger partial charge on any atom is 0.182 e. The van der Waals surface area contributed by atoms with Gasteiger partial charge in [-0.15, -0.1) is 11.6 Å². The first-order valence-corrected chi connectivity index (χ1v) is 4.84. The molecular weight excluding hydrogens is 178 g/mol. The summed E-state index contributed by atoms with van der Waals surface area (Å²) < 4.78 is 11.4. The summed E-state index contributed by atoms with van der Waals surface area (Å²) in [7, 11) is 2.08. The van der Waals surface area contributed by atoms with Crippen molar-refractivity contribution in [3.05, 3.63) is 0 Å². The van der Waals surface area contributed by atoms with Gasteiger partial charge < -0.3 is 14.4 Å². The second-order valence-corrected chi connectivity index (χ2v) is 3.91. The predicted molar refractivity (Wildman–Crippen MR) is 46.4 cm³/mol. The highest BCUT2D eigenvalue weighted by Gasteiger charge is 2.45. The number of rotatable bonds is 1. The van der Waals surface area contributed by atoms with Gasteiger partial charge in [-0.1, -0.05) is 0 Å². The average molecular weight is 192 g/mol. The molecule has 0 bridgehead atoms. The molecule has 0 aromatic heterocycles. The zero-order chi connectivity index (χ0) is 8.60. The molecule has 4 heteroatoms. The van der Waals surface area contributed by atoms with E-state index in [0.717, 1.165) is 19.5 Å². The van der Waals surface area contributed by atoms with Crippen LogP contribution in [0.5, 0.6) is 0 Å². The fraction of sp³-hybridized carbons (Fsp3) is 1.00. The Morgan fingerprint density at radius 3 is 3.00 bits per heavy atom. The molecule has 70 valence electrons. The van der Waals surface area contributed by atoms with E-state index in [9.17, 15) is 0 Å². The number of hydrogen-bond acceptors (Lipinski definition) is 3. The van der Waals surface area contributed by atoms with E-state index < -0.39 is 0 Å². The third-order valence-electron chi connectivity index (χ3n) is 2.47. The fourth-order valence-electron chi connectivity index (χ4n) is 1.84. The summed E-state index contributed by atoms with van der Waals surface area (Å²) in [6, 6.07) is 0. The predicted octanol–water partition coefficient (Wildman–Crippen LogP) is 0.672. The normalized spacial score (nSPS) is 43.0. The van der Waals surface area contributed by atoms with Gasteiger partial charge in [-0.2, -0.15) is 0 Å².